The molecule has 1 aromatic heterocycles. The van der Waals surface area contributed by atoms with E-state index < -0.39 is 0 Å². The van der Waals surface area contributed by atoms with E-state index in [1.54, 1.807) is 6.92 Å². The van der Waals surface area contributed by atoms with Crippen LogP contribution in [-0.2, 0) is 11.3 Å². The van der Waals surface area contributed by atoms with Gasteiger partial charge in [0.2, 0.25) is 0 Å². The Balaban J connectivity index is 2.19. The Morgan fingerprint density at radius 3 is 2.55 bits per heavy atom. The Morgan fingerprint density at radius 2 is 2.00 bits per heavy atom. The summed E-state index contributed by atoms with van der Waals surface area (Å²) in [6.45, 7) is 2.59. The second kappa shape index (κ2) is 3.96. The Hall–Kier alpha value is -1.05. The van der Waals surface area contributed by atoms with Crippen molar-refractivity contribution in [3.05, 3.63) is 24.5 Å². The molecule has 0 N–H and O–H groups in total. The lowest BCUT2D eigenvalue weighted by molar-refractivity contribution is -0.117. The highest BCUT2D eigenvalue weighted by molar-refractivity contribution is 5.75. The lowest BCUT2D eigenvalue weighted by atomic mass is 10.2. The van der Waals surface area contributed by atoms with E-state index in [1.807, 2.05) is 24.5 Å². The molecular formula is C9H13NO. The highest BCUT2D eigenvalue weighted by atomic mass is 16.1. The van der Waals surface area contributed by atoms with Crippen LogP contribution >= 0.6 is 0 Å². The number of rotatable bonds is 4. The van der Waals surface area contributed by atoms with Crippen LogP contribution in [0.15, 0.2) is 24.5 Å². The van der Waals surface area contributed by atoms with Crippen LogP contribution in [0.5, 0.6) is 0 Å². The minimum Gasteiger partial charge on any atom is -0.354 e. The van der Waals surface area contributed by atoms with Gasteiger partial charge in [-0.25, -0.2) is 0 Å². The fourth-order valence-corrected chi connectivity index (χ4v) is 1.03. The zero-order valence-corrected chi connectivity index (χ0v) is 6.79. The molecule has 0 saturated carbocycles. The van der Waals surface area contributed by atoms with Gasteiger partial charge in [0.05, 0.1) is 0 Å². The molecule has 1 aromatic rings. The zero-order chi connectivity index (χ0) is 8.10. The van der Waals surface area contributed by atoms with Crippen LogP contribution in [0.2, 0.25) is 0 Å². The first-order valence-electron chi connectivity index (χ1n) is 3.89. The number of hydrogen-bond acceptors (Lipinski definition) is 1. The van der Waals surface area contributed by atoms with Gasteiger partial charge in [-0.05, 0) is 25.5 Å². The molecular weight excluding hydrogens is 138 g/mol. The topological polar surface area (TPSA) is 22.0 Å². The van der Waals surface area contributed by atoms with Crippen LogP contribution < -0.4 is 0 Å². The van der Waals surface area contributed by atoms with Gasteiger partial charge in [-0.2, -0.15) is 0 Å². The Bertz CT molecular complexity index is 213. The lowest BCUT2D eigenvalue weighted by Crippen LogP contribution is -1.97. The number of aryl methyl sites for hydroxylation is 1. The summed E-state index contributed by atoms with van der Waals surface area (Å²) in [5.74, 6) is 0.275. The third kappa shape index (κ3) is 3.03. The molecule has 0 amide bonds. The van der Waals surface area contributed by atoms with E-state index in [1.165, 1.54) is 0 Å². The van der Waals surface area contributed by atoms with E-state index >= 15 is 0 Å². The number of hydrogen-bond donors (Lipinski definition) is 0. The number of carbonyl (C=O) groups is 1. The summed E-state index contributed by atoms with van der Waals surface area (Å²) in [4.78, 5) is 10.6. The molecule has 0 fully saturated rings. The van der Waals surface area contributed by atoms with Crippen molar-refractivity contribution in [2.24, 2.45) is 0 Å². The van der Waals surface area contributed by atoms with Gasteiger partial charge in [0, 0.05) is 25.4 Å². The first-order valence-corrected chi connectivity index (χ1v) is 3.89. The minimum absolute atomic E-state index is 0.275. The van der Waals surface area contributed by atoms with Crippen LogP contribution in [0.1, 0.15) is 19.8 Å². The fraction of sp³-hybridized carbons (Fsp3) is 0.444. The molecule has 0 saturated heterocycles. The van der Waals surface area contributed by atoms with Crippen molar-refractivity contribution in [1.29, 1.82) is 0 Å². The van der Waals surface area contributed by atoms with E-state index in [4.69, 9.17) is 0 Å². The molecule has 11 heavy (non-hydrogen) atoms. The minimum atomic E-state index is 0.275. The second-order valence-electron chi connectivity index (χ2n) is 2.73. The molecule has 0 aromatic carbocycles. The Morgan fingerprint density at radius 1 is 1.36 bits per heavy atom. The SMILES string of the molecule is CC(=O)CCCn1cccc1. The van der Waals surface area contributed by atoms with Crippen molar-refractivity contribution < 1.29 is 4.79 Å². The lowest BCUT2D eigenvalue weighted by Gasteiger charge is -1.99. The van der Waals surface area contributed by atoms with Crippen LogP contribution in [-0.4, -0.2) is 10.4 Å². The van der Waals surface area contributed by atoms with Gasteiger partial charge in [0.1, 0.15) is 5.78 Å². The molecule has 0 aliphatic carbocycles. The molecule has 0 spiro atoms. The molecule has 0 aliphatic rings. The average molecular weight is 151 g/mol. The first kappa shape index (κ1) is 8.05. The summed E-state index contributed by atoms with van der Waals surface area (Å²) >= 11 is 0. The third-order valence-corrected chi connectivity index (χ3v) is 1.61. The largest absolute Gasteiger partial charge is 0.354 e. The van der Waals surface area contributed by atoms with Crippen molar-refractivity contribution in [3.8, 4) is 0 Å². The van der Waals surface area contributed by atoms with Crippen molar-refractivity contribution in [3.63, 3.8) is 0 Å². The standard InChI is InChI=1S/C9H13NO/c1-9(11)5-4-8-10-6-2-3-7-10/h2-3,6-7H,4-5,8H2,1H3. The van der Waals surface area contributed by atoms with E-state index in [-0.39, 0.29) is 5.78 Å². The van der Waals surface area contributed by atoms with Gasteiger partial charge in [-0.15, -0.1) is 0 Å². The molecule has 2 nitrogen and oxygen atoms in total. The maximum Gasteiger partial charge on any atom is 0.129 e. The average Bonchev–Trinajstić information content (AvgIpc) is 2.39. The van der Waals surface area contributed by atoms with Crippen LogP contribution in [0.4, 0.5) is 0 Å². The molecule has 0 radical (unpaired) electrons. The van der Waals surface area contributed by atoms with Gasteiger partial charge in [0.25, 0.3) is 0 Å². The molecule has 0 bridgehead atoms. The van der Waals surface area contributed by atoms with Gasteiger partial charge in [0.15, 0.2) is 0 Å². The predicted molar refractivity (Wildman–Crippen MR) is 44.3 cm³/mol. The van der Waals surface area contributed by atoms with Gasteiger partial charge in [-0.1, -0.05) is 0 Å². The molecule has 1 rings (SSSR count). The van der Waals surface area contributed by atoms with Crippen molar-refractivity contribution in [2.75, 3.05) is 0 Å². The normalized spacial score (nSPS) is 9.91. The fourth-order valence-electron chi connectivity index (χ4n) is 1.03. The monoisotopic (exact) mass is 151 g/mol. The highest BCUT2D eigenvalue weighted by Gasteiger charge is 1.93. The van der Waals surface area contributed by atoms with Crippen LogP contribution in [0.25, 0.3) is 0 Å². The van der Waals surface area contributed by atoms with Gasteiger partial charge >= 0.3 is 0 Å². The van der Waals surface area contributed by atoms with Crippen molar-refractivity contribution >= 4 is 5.78 Å². The summed E-state index contributed by atoms with van der Waals surface area (Å²) in [7, 11) is 0. The smallest absolute Gasteiger partial charge is 0.129 e. The summed E-state index contributed by atoms with van der Waals surface area (Å²) in [6, 6.07) is 3.99. The maximum absolute atomic E-state index is 10.6. The first-order chi connectivity index (χ1) is 5.29. The van der Waals surface area contributed by atoms with E-state index in [9.17, 15) is 4.79 Å². The Kier molecular flexibility index (Phi) is 2.90. The molecule has 0 unspecified atom stereocenters. The number of carbonyl (C=O) groups excluding carboxylic acids is 1. The van der Waals surface area contributed by atoms with Gasteiger partial charge < -0.3 is 9.36 Å². The Labute approximate surface area is 66.8 Å². The molecule has 0 aliphatic heterocycles. The molecule has 1 heterocycles. The van der Waals surface area contributed by atoms with E-state index in [2.05, 4.69) is 4.57 Å². The molecule has 60 valence electrons. The number of aromatic nitrogens is 1. The maximum atomic E-state index is 10.6. The second-order valence-corrected chi connectivity index (χ2v) is 2.73. The van der Waals surface area contributed by atoms with Gasteiger partial charge in [-0.3, -0.25) is 0 Å². The van der Waals surface area contributed by atoms with Crippen molar-refractivity contribution in [2.45, 2.75) is 26.3 Å². The predicted octanol–water partition coefficient (Wildman–Crippen LogP) is 1.86. The van der Waals surface area contributed by atoms with E-state index in [0.717, 1.165) is 13.0 Å². The van der Waals surface area contributed by atoms with Crippen molar-refractivity contribution in [1.82, 2.24) is 4.57 Å². The summed E-state index contributed by atoms with van der Waals surface area (Å²) in [5, 5.41) is 0. The molecule has 0 atom stereocenters. The quantitative estimate of drug-likeness (QED) is 0.643. The summed E-state index contributed by atoms with van der Waals surface area (Å²) in [5.41, 5.74) is 0. The highest BCUT2D eigenvalue weighted by Crippen LogP contribution is 1.96. The zero-order valence-electron chi connectivity index (χ0n) is 6.79. The molecule has 2 heteroatoms. The summed E-state index contributed by atoms with van der Waals surface area (Å²) in [6.07, 6.45) is 5.67. The number of Topliss-reactive ketones (excluding diaryl/α,β-unsaturated/α-hetero) is 1. The third-order valence-electron chi connectivity index (χ3n) is 1.61. The van der Waals surface area contributed by atoms with Crippen LogP contribution in [0.3, 0.4) is 0 Å². The summed E-state index contributed by atoms with van der Waals surface area (Å²) < 4.78 is 2.09. The number of ketones is 1. The van der Waals surface area contributed by atoms with E-state index in [0.29, 0.717) is 6.42 Å². The number of nitrogens with zero attached hydrogens (tertiary/aromatic N) is 1. The van der Waals surface area contributed by atoms with Crippen LogP contribution in [0, 0.1) is 0 Å².